The van der Waals surface area contributed by atoms with Crippen molar-refractivity contribution < 1.29 is 9.53 Å². The second-order valence-corrected chi connectivity index (χ2v) is 8.23. The van der Waals surface area contributed by atoms with Crippen LogP contribution in [0.1, 0.15) is 26.3 Å². The largest absolute Gasteiger partial charge is 0.444 e. The van der Waals surface area contributed by atoms with Gasteiger partial charge in [0.2, 0.25) is 0 Å². The van der Waals surface area contributed by atoms with Gasteiger partial charge in [-0.3, -0.25) is 5.32 Å². The Morgan fingerprint density at radius 1 is 0.897 bits per heavy atom. The van der Waals surface area contributed by atoms with E-state index in [1.165, 1.54) is 5.56 Å². The summed E-state index contributed by atoms with van der Waals surface area (Å²) in [6, 6.07) is 22.4. The van der Waals surface area contributed by atoms with Crippen LogP contribution >= 0.6 is 0 Å². The van der Waals surface area contributed by atoms with Gasteiger partial charge < -0.3 is 4.74 Å². The minimum atomic E-state index is -0.548. The summed E-state index contributed by atoms with van der Waals surface area (Å²) in [5.74, 6) is 0. The summed E-state index contributed by atoms with van der Waals surface area (Å²) in [4.78, 5) is 17.1. The maximum absolute atomic E-state index is 12.1. The number of amides is 1. The molecule has 1 heterocycles. The van der Waals surface area contributed by atoms with Crippen molar-refractivity contribution in [3.05, 3.63) is 72.3 Å². The number of pyridine rings is 1. The van der Waals surface area contributed by atoms with Crippen LogP contribution in [-0.2, 0) is 4.74 Å². The van der Waals surface area contributed by atoms with E-state index in [2.05, 4.69) is 42.6 Å². The molecule has 0 saturated carbocycles. The summed E-state index contributed by atoms with van der Waals surface area (Å²) in [6.45, 7) is 7.62. The molecule has 1 amide bonds. The SMILES string of the molecule is Cc1ccc2c(c1)c(-c1ccccc1)nc1cc(NC(=O)OC(C)(C)C)ccc12. The van der Waals surface area contributed by atoms with E-state index >= 15 is 0 Å². The van der Waals surface area contributed by atoms with Crippen LogP contribution < -0.4 is 5.32 Å². The van der Waals surface area contributed by atoms with Crippen LogP contribution in [-0.4, -0.2) is 16.7 Å². The van der Waals surface area contributed by atoms with E-state index in [1.807, 2.05) is 57.2 Å². The zero-order valence-electron chi connectivity index (χ0n) is 17.1. The number of rotatable bonds is 2. The number of nitrogens with one attached hydrogen (secondary N) is 1. The first-order valence-electron chi connectivity index (χ1n) is 9.70. The summed E-state index contributed by atoms with van der Waals surface area (Å²) < 4.78 is 5.36. The Hall–Kier alpha value is -3.40. The van der Waals surface area contributed by atoms with Crippen molar-refractivity contribution in [1.29, 1.82) is 0 Å². The van der Waals surface area contributed by atoms with Crippen molar-refractivity contribution in [2.75, 3.05) is 5.32 Å². The average molecular weight is 384 g/mol. The molecule has 0 saturated heterocycles. The number of carbonyl (C=O) groups excluding carboxylic acids is 1. The van der Waals surface area contributed by atoms with Crippen LogP contribution in [0, 0.1) is 6.92 Å². The molecule has 0 radical (unpaired) electrons. The van der Waals surface area contributed by atoms with Gasteiger partial charge in [-0.25, -0.2) is 9.78 Å². The van der Waals surface area contributed by atoms with E-state index in [-0.39, 0.29) is 0 Å². The van der Waals surface area contributed by atoms with Crippen molar-refractivity contribution in [2.24, 2.45) is 0 Å². The Balaban J connectivity index is 1.85. The third-order valence-corrected chi connectivity index (χ3v) is 4.64. The van der Waals surface area contributed by atoms with Crippen LogP contribution in [0.4, 0.5) is 10.5 Å². The lowest BCUT2D eigenvalue weighted by Gasteiger charge is -2.19. The summed E-state index contributed by atoms with van der Waals surface area (Å²) in [7, 11) is 0. The van der Waals surface area contributed by atoms with E-state index in [4.69, 9.17) is 9.72 Å². The summed E-state index contributed by atoms with van der Waals surface area (Å²) in [6.07, 6.45) is -0.475. The molecule has 0 aliphatic carbocycles. The molecule has 4 heteroatoms. The predicted molar refractivity (Wildman–Crippen MR) is 119 cm³/mol. The third kappa shape index (κ3) is 4.06. The summed E-state index contributed by atoms with van der Waals surface area (Å²) in [5, 5.41) is 6.12. The first kappa shape index (κ1) is 18.9. The van der Waals surface area contributed by atoms with Crippen LogP contribution in [0.5, 0.6) is 0 Å². The molecule has 0 bridgehead atoms. The lowest BCUT2D eigenvalue weighted by atomic mass is 9.98. The molecule has 0 aliphatic heterocycles. The molecule has 4 aromatic rings. The van der Waals surface area contributed by atoms with Crippen LogP contribution in [0.3, 0.4) is 0 Å². The number of hydrogen-bond donors (Lipinski definition) is 1. The van der Waals surface area contributed by atoms with Crippen LogP contribution in [0.15, 0.2) is 66.7 Å². The van der Waals surface area contributed by atoms with Gasteiger partial charge in [-0.05, 0) is 51.3 Å². The number of anilines is 1. The van der Waals surface area contributed by atoms with Gasteiger partial charge in [-0.15, -0.1) is 0 Å². The fraction of sp³-hybridized carbons (Fsp3) is 0.200. The topological polar surface area (TPSA) is 51.2 Å². The van der Waals surface area contributed by atoms with Crippen molar-refractivity contribution in [2.45, 2.75) is 33.3 Å². The number of aromatic nitrogens is 1. The molecule has 0 spiro atoms. The van der Waals surface area contributed by atoms with E-state index in [0.717, 1.165) is 32.9 Å². The lowest BCUT2D eigenvalue weighted by molar-refractivity contribution is 0.0636. The van der Waals surface area contributed by atoms with Gasteiger partial charge in [0.05, 0.1) is 11.2 Å². The number of nitrogens with zero attached hydrogens (tertiary/aromatic N) is 1. The van der Waals surface area contributed by atoms with Crippen LogP contribution in [0.25, 0.3) is 32.9 Å². The van der Waals surface area contributed by atoms with Gasteiger partial charge in [0.25, 0.3) is 0 Å². The molecule has 3 aromatic carbocycles. The fourth-order valence-corrected chi connectivity index (χ4v) is 3.44. The predicted octanol–water partition coefficient (Wildman–Crippen LogP) is 6.71. The number of aryl methyl sites for hydroxylation is 1. The molecule has 29 heavy (non-hydrogen) atoms. The average Bonchev–Trinajstić information content (AvgIpc) is 2.66. The Kier molecular flexibility index (Phi) is 4.71. The van der Waals surface area contributed by atoms with Crippen molar-refractivity contribution in [1.82, 2.24) is 4.98 Å². The van der Waals surface area contributed by atoms with Gasteiger partial charge in [0, 0.05) is 22.0 Å². The van der Waals surface area contributed by atoms with Gasteiger partial charge in [0.15, 0.2) is 0 Å². The molecule has 0 unspecified atom stereocenters. The Bertz CT molecular complexity index is 1210. The van der Waals surface area contributed by atoms with E-state index in [9.17, 15) is 4.79 Å². The first-order chi connectivity index (χ1) is 13.8. The molecule has 1 aromatic heterocycles. The smallest absolute Gasteiger partial charge is 0.412 e. The molecule has 1 N–H and O–H groups in total. The highest BCUT2D eigenvalue weighted by molar-refractivity contribution is 6.11. The number of carbonyl (C=O) groups is 1. The minimum Gasteiger partial charge on any atom is -0.444 e. The molecule has 146 valence electrons. The monoisotopic (exact) mass is 384 g/mol. The second-order valence-electron chi connectivity index (χ2n) is 8.23. The quantitative estimate of drug-likeness (QED) is 0.391. The van der Waals surface area contributed by atoms with Gasteiger partial charge in [-0.2, -0.15) is 0 Å². The molecule has 4 nitrogen and oxygen atoms in total. The normalized spacial score (nSPS) is 11.6. The standard InChI is InChI=1S/C25H24N2O2/c1-16-10-12-19-20-13-11-18(26-24(28)29-25(2,3)4)15-22(20)27-23(21(19)14-16)17-8-6-5-7-9-17/h5-15H,1-4H3,(H,26,28). The molecule has 0 atom stereocenters. The van der Waals surface area contributed by atoms with Crippen molar-refractivity contribution >= 4 is 33.5 Å². The van der Waals surface area contributed by atoms with Crippen LogP contribution in [0.2, 0.25) is 0 Å². The second kappa shape index (κ2) is 7.21. The van der Waals surface area contributed by atoms with Gasteiger partial charge >= 0.3 is 6.09 Å². The van der Waals surface area contributed by atoms with Crippen molar-refractivity contribution in [3.63, 3.8) is 0 Å². The zero-order valence-corrected chi connectivity index (χ0v) is 17.1. The molecular weight excluding hydrogens is 360 g/mol. The number of benzene rings is 3. The number of fused-ring (bicyclic) bond motifs is 3. The molecule has 0 aliphatic rings. The summed E-state index contributed by atoms with van der Waals surface area (Å²) in [5.41, 5.74) is 4.13. The summed E-state index contributed by atoms with van der Waals surface area (Å²) >= 11 is 0. The minimum absolute atomic E-state index is 0.475. The van der Waals surface area contributed by atoms with Crippen molar-refractivity contribution in [3.8, 4) is 11.3 Å². The molecule has 4 rings (SSSR count). The maximum Gasteiger partial charge on any atom is 0.412 e. The molecular formula is C25H24N2O2. The highest BCUT2D eigenvalue weighted by Gasteiger charge is 2.17. The first-order valence-corrected chi connectivity index (χ1v) is 9.70. The fourth-order valence-electron chi connectivity index (χ4n) is 3.44. The third-order valence-electron chi connectivity index (χ3n) is 4.64. The van der Waals surface area contributed by atoms with Gasteiger partial charge in [0.1, 0.15) is 5.60 Å². The Morgan fingerprint density at radius 2 is 1.62 bits per heavy atom. The highest BCUT2D eigenvalue weighted by atomic mass is 16.6. The zero-order chi connectivity index (χ0) is 20.6. The highest BCUT2D eigenvalue weighted by Crippen LogP contribution is 2.34. The van der Waals surface area contributed by atoms with Gasteiger partial charge in [-0.1, -0.05) is 54.1 Å². The van der Waals surface area contributed by atoms with E-state index in [0.29, 0.717) is 5.69 Å². The number of hydrogen-bond acceptors (Lipinski definition) is 3. The Morgan fingerprint density at radius 3 is 2.34 bits per heavy atom. The Labute approximate surface area is 170 Å². The lowest BCUT2D eigenvalue weighted by Crippen LogP contribution is -2.27. The van der Waals surface area contributed by atoms with E-state index in [1.54, 1.807) is 0 Å². The van der Waals surface area contributed by atoms with E-state index < -0.39 is 11.7 Å². The number of ether oxygens (including phenoxy) is 1. The molecule has 0 fully saturated rings. The maximum atomic E-state index is 12.1.